The minimum absolute atomic E-state index is 0.0695. The first-order chi connectivity index (χ1) is 12.7. The molecule has 1 aliphatic heterocycles. The Kier molecular flexibility index (Phi) is 6.12. The molecule has 0 atom stereocenters. The summed E-state index contributed by atoms with van der Waals surface area (Å²) in [6.07, 6.45) is 0.930. The summed E-state index contributed by atoms with van der Waals surface area (Å²) in [6.45, 7) is 1.19. The molecular weight excluding hydrogens is 354 g/mol. The Morgan fingerprint density at radius 3 is 2.81 bits per heavy atom. The molecule has 0 unspecified atom stereocenters. The van der Waals surface area contributed by atoms with Gasteiger partial charge in [-0.15, -0.1) is 11.3 Å². The predicted octanol–water partition coefficient (Wildman–Crippen LogP) is 2.65. The van der Waals surface area contributed by atoms with Crippen LogP contribution in [0.4, 0.5) is 0 Å². The number of carbonyl (C=O) groups is 2. The maximum Gasteiger partial charge on any atom is 0.309 e. The van der Waals surface area contributed by atoms with Crippen LogP contribution in [0.3, 0.4) is 0 Å². The number of hydrogen-bond acceptors (Lipinski definition) is 6. The summed E-state index contributed by atoms with van der Waals surface area (Å²) in [5, 5.41) is 2.04. The first-order valence-electron chi connectivity index (χ1n) is 8.42. The van der Waals surface area contributed by atoms with Crippen molar-refractivity contribution in [3.63, 3.8) is 0 Å². The van der Waals surface area contributed by atoms with Gasteiger partial charge in [-0.05, 0) is 35.6 Å². The number of amides is 1. The molecule has 7 heteroatoms. The standard InChI is InChI=1S/C19H21NO5S/c1-23-15-4-2-3-5-16(15)24-10-7-19(22)25-13-18(21)20-9-6-17-14(12-20)8-11-26-17/h2-5,8,11H,6-7,9-10,12-13H2,1H3. The molecule has 0 bridgehead atoms. The molecular formula is C19H21NO5S. The maximum atomic E-state index is 12.2. The molecule has 0 radical (unpaired) electrons. The molecule has 138 valence electrons. The minimum Gasteiger partial charge on any atom is -0.493 e. The topological polar surface area (TPSA) is 65.1 Å². The van der Waals surface area contributed by atoms with Gasteiger partial charge in [0, 0.05) is 18.0 Å². The zero-order valence-corrected chi connectivity index (χ0v) is 15.4. The van der Waals surface area contributed by atoms with Crippen LogP contribution in [-0.2, 0) is 27.3 Å². The average Bonchev–Trinajstić information content (AvgIpc) is 3.14. The lowest BCUT2D eigenvalue weighted by atomic mass is 10.1. The van der Waals surface area contributed by atoms with E-state index >= 15 is 0 Å². The highest BCUT2D eigenvalue weighted by atomic mass is 32.1. The molecule has 2 heterocycles. The summed E-state index contributed by atoms with van der Waals surface area (Å²) in [6, 6.07) is 9.25. The highest BCUT2D eigenvalue weighted by Gasteiger charge is 2.22. The highest BCUT2D eigenvalue weighted by molar-refractivity contribution is 7.10. The first-order valence-corrected chi connectivity index (χ1v) is 9.30. The van der Waals surface area contributed by atoms with E-state index in [1.165, 1.54) is 10.4 Å². The molecule has 6 nitrogen and oxygen atoms in total. The van der Waals surface area contributed by atoms with Gasteiger partial charge >= 0.3 is 5.97 Å². The van der Waals surface area contributed by atoms with Gasteiger partial charge in [-0.25, -0.2) is 0 Å². The smallest absolute Gasteiger partial charge is 0.309 e. The fraction of sp³-hybridized carbons (Fsp3) is 0.368. The molecule has 1 amide bonds. The van der Waals surface area contributed by atoms with Gasteiger partial charge in [0.25, 0.3) is 5.91 Å². The second-order valence-electron chi connectivity index (χ2n) is 5.84. The van der Waals surface area contributed by atoms with Crippen molar-refractivity contribution in [2.45, 2.75) is 19.4 Å². The molecule has 0 aliphatic carbocycles. The maximum absolute atomic E-state index is 12.2. The molecule has 3 rings (SSSR count). The zero-order chi connectivity index (χ0) is 18.4. The van der Waals surface area contributed by atoms with Crippen LogP contribution in [0.2, 0.25) is 0 Å². The Bertz CT molecular complexity index is 773. The van der Waals surface area contributed by atoms with Crippen molar-refractivity contribution >= 4 is 23.2 Å². The van der Waals surface area contributed by atoms with Crippen LogP contribution in [0, 0.1) is 0 Å². The molecule has 26 heavy (non-hydrogen) atoms. The lowest BCUT2D eigenvalue weighted by Gasteiger charge is -2.26. The summed E-state index contributed by atoms with van der Waals surface area (Å²) in [5.41, 5.74) is 1.19. The van der Waals surface area contributed by atoms with Gasteiger partial charge in [0.1, 0.15) is 0 Å². The Morgan fingerprint density at radius 2 is 2.00 bits per heavy atom. The number of ether oxygens (including phenoxy) is 3. The van der Waals surface area contributed by atoms with Gasteiger partial charge in [-0.3, -0.25) is 9.59 Å². The number of para-hydroxylation sites is 2. The number of carbonyl (C=O) groups excluding carboxylic acids is 2. The van der Waals surface area contributed by atoms with Crippen LogP contribution in [-0.4, -0.2) is 43.6 Å². The number of thiophene rings is 1. The Hall–Kier alpha value is -2.54. The number of hydrogen-bond donors (Lipinski definition) is 0. The number of nitrogens with zero attached hydrogens (tertiary/aromatic N) is 1. The van der Waals surface area contributed by atoms with Gasteiger partial charge in [-0.1, -0.05) is 12.1 Å². The third kappa shape index (κ3) is 4.54. The van der Waals surface area contributed by atoms with E-state index in [0.29, 0.717) is 24.6 Å². The molecule has 0 N–H and O–H groups in total. The van der Waals surface area contributed by atoms with Crippen molar-refractivity contribution in [1.29, 1.82) is 0 Å². The fourth-order valence-electron chi connectivity index (χ4n) is 2.75. The first kappa shape index (κ1) is 18.3. The fourth-order valence-corrected chi connectivity index (χ4v) is 3.64. The summed E-state index contributed by atoms with van der Waals surface area (Å²) in [4.78, 5) is 27.1. The van der Waals surface area contributed by atoms with Crippen LogP contribution in [0.15, 0.2) is 35.7 Å². The number of benzene rings is 1. The second kappa shape index (κ2) is 8.71. The average molecular weight is 375 g/mol. The lowest BCUT2D eigenvalue weighted by Crippen LogP contribution is -2.38. The van der Waals surface area contributed by atoms with E-state index in [2.05, 4.69) is 0 Å². The Morgan fingerprint density at radius 1 is 1.19 bits per heavy atom. The summed E-state index contributed by atoms with van der Waals surface area (Å²) in [5.74, 6) is 0.551. The molecule has 1 aromatic carbocycles. The molecule has 1 aliphatic rings. The number of fused-ring (bicyclic) bond motifs is 1. The second-order valence-corrected chi connectivity index (χ2v) is 6.84. The van der Waals surface area contributed by atoms with Crippen molar-refractivity contribution in [3.8, 4) is 11.5 Å². The highest BCUT2D eigenvalue weighted by Crippen LogP contribution is 2.26. The molecule has 1 aromatic heterocycles. The SMILES string of the molecule is COc1ccccc1OCCC(=O)OCC(=O)N1CCc2sccc2C1. The van der Waals surface area contributed by atoms with Crippen LogP contribution >= 0.6 is 11.3 Å². The van der Waals surface area contributed by atoms with Crippen molar-refractivity contribution in [1.82, 2.24) is 4.90 Å². The van der Waals surface area contributed by atoms with Gasteiger partial charge < -0.3 is 19.1 Å². The van der Waals surface area contributed by atoms with Crippen LogP contribution in [0.25, 0.3) is 0 Å². The van der Waals surface area contributed by atoms with Crippen LogP contribution < -0.4 is 9.47 Å². The summed E-state index contributed by atoms with van der Waals surface area (Å²) < 4.78 is 15.8. The number of rotatable bonds is 7. The van der Waals surface area contributed by atoms with E-state index in [0.717, 1.165) is 6.42 Å². The van der Waals surface area contributed by atoms with Crippen LogP contribution in [0.1, 0.15) is 16.9 Å². The zero-order valence-electron chi connectivity index (χ0n) is 14.6. The quantitative estimate of drug-likeness (QED) is 0.696. The molecule has 0 saturated carbocycles. The van der Waals surface area contributed by atoms with E-state index in [9.17, 15) is 9.59 Å². The molecule has 0 saturated heterocycles. The normalized spacial score (nSPS) is 13.0. The third-order valence-corrected chi connectivity index (χ3v) is 5.17. The van der Waals surface area contributed by atoms with Crippen molar-refractivity contribution < 1.29 is 23.8 Å². The van der Waals surface area contributed by atoms with Gasteiger partial charge in [0.2, 0.25) is 0 Å². The molecule has 0 spiro atoms. The number of methoxy groups -OCH3 is 1. The molecule has 2 aromatic rings. The number of esters is 1. The predicted molar refractivity (Wildman–Crippen MR) is 97.5 cm³/mol. The summed E-state index contributed by atoms with van der Waals surface area (Å²) in [7, 11) is 1.56. The van der Waals surface area contributed by atoms with E-state index in [-0.39, 0.29) is 25.5 Å². The Balaban J connectivity index is 1.38. The van der Waals surface area contributed by atoms with Crippen molar-refractivity contribution in [2.75, 3.05) is 26.9 Å². The van der Waals surface area contributed by atoms with Gasteiger partial charge in [0.15, 0.2) is 18.1 Å². The largest absolute Gasteiger partial charge is 0.493 e. The summed E-state index contributed by atoms with van der Waals surface area (Å²) >= 11 is 1.72. The van der Waals surface area contributed by atoms with Gasteiger partial charge in [0.05, 0.1) is 20.1 Å². The van der Waals surface area contributed by atoms with E-state index in [4.69, 9.17) is 14.2 Å². The third-order valence-electron chi connectivity index (χ3n) is 4.15. The van der Waals surface area contributed by atoms with E-state index in [1.54, 1.807) is 35.5 Å². The van der Waals surface area contributed by atoms with E-state index < -0.39 is 5.97 Å². The lowest BCUT2D eigenvalue weighted by molar-refractivity contribution is -0.152. The monoisotopic (exact) mass is 375 g/mol. The van der Waals surface area contributed by atoms with Crippen LogP contribution in [0.5, 0.6) is 11.5 Å². The van der Waals surface area contributed by atoms with Crippen molar-refractivity contribution in [3.05, 3.63) is 46.2 Å². The van der Waals surface area contributed by atoms with Crippen molar-refractivity contribution in [2.24, 2.45) is 0 Å². The molecule has 0 fully saturated rings. The Labute approximate surface area is 156 Å². The van der Waals surface area contributed by atoms with E-state index in [1.807, 2.05) is 23.6 Å². The van der Waals surface area contributed by atoms with Gasteiger partial charge in [-0.2, -0.15) is 0 Å². The minimum atomic E-state index is -0.457.